The Hall–Kier alpha value is -1.94. The molecule has 4 heteroatoms. The maximum absolute atomic E-state index is 4.45. The van der Waals surface area contributed by atoms with Gasteiger partial charge < -0.3 is 5.32 Å². The van der Waals surface area contributed by atoms with Crippen molar-refractivity contribution >= 4 is 27.2 Å². The SMILES string of the molecule is Cc1nc2ccc(NCc3cccnc3)cc2s1. The lowest BCUT2D eigenvalue weighted by molar-refractivity contribution is 1.11. The third kappa shape index (κ3) is 2.33. The summed E-state index contributed by atoms with van der Waals surface area (Å²) in [5.41, 5.74) is 3.37. The van der Waals surface area contributed by atoms with E-state index in [1.54, 1.807) is 17.5 Å². The second-order valence-corrected chi connectivity index (χ2v) is 5.36. The van der Waals surface area contributed by atoms with E-state index in [9.17, 15) is 0 Å². The number of rotatable bonds is 3. The van der Waals surface area contributed by atoms with Crippen molar-refractivity contribution in [2.24, 2.45) is 0 Å². The second kappa shape index (κ2) is 4.74. The number of fused-ring (bicyclic) bond motifs is 1. The number of hydrogen-bond donors (Lipinski definition) is 1. The van der Waals surface area contributed by atoms with Crippen molar-refractivity contribution in [3.63, 3.8) is 0 Å². The molecule has 0 unspecified atom stereocenters. The highest BCUT2D eigenvalue weighted by Crippen LogP contribution is 2.24. The van der Waals surface area contributed by atoms with Crippen molar-refractivity contribution in [2.45, 2.75) is 13.5 Å². The molecule has 0 aliphatic rings. The Morgan fingerprint density at radius 2 is 2.22 bits per heavy atom. The Balaban J connectivity index is 1.78. The molecule has 0 spiro atoms. The van der Waals surface area contributed by atoms with Gasteiger partial charge in [-0.05, 0) is 36.8 Å². The zero-order chi connectivity index (χ0) is 12.4. The van der Waals surface area contributed by atoms with E-state index in [0.717, 1.165) is 22.8 Å². The number of pyridine rings is 1. The minimum atomic E-state index is 0.789. The quantitative estimate of drug-likeness (QED) is 0.777. The molecule has 0 radical (unpaired) electrons. The van der Waals surface area contributed by atoms with Crippen LogP contribution in [-0.2, 0) is 6.54 Å². The van der Waals surface area contributed by atoms with Crippen LogP contribution in [0.2, 0.25) is 0 Å². The van der Waals surface area contributed by atoms with Crippen LogP contribution >= 0.6 is 11.3 Å². The molecule has 0 saturated heterocycles. The Bertz CT molecular complexity index is 661. The number of nitrogens with zero attached hydrogens (tertiary/aromatic N) is 2. The molecule has 3 rings (SSSR count). The summed E-state index contributed by atoms with van der Waals surface area (Å²) < 4.78 is 1.23. The van der Waals surface area contributed by atoms with E-state index in [2.05, 4.69) is 39.6 Å². The van der Waals surface area contributed by atoms with Gasteiger partial charge in [-0.15, -0.1) is 11.3 Å². The Morgan fingerprint density at radius 3 is 3.06 bits per heavy atom. The molecule has 3 nitrogen and oxygen atoms in total. The molecular formula is C14H13N3S. The van der Waals surface area contributed by atoms with Gasteiger partial charge in [0.25, 0.3) is 0 Å². The highest BCUT2D eigenvalue weighted by Gasteiger charge is 2.01. The van der Waals surface area contributed by atoms with Crippen molar-refractivity contribution in [1.82, 2.24) is 9.97 Å². The summed E-state index contributed by atoms with van der Waals surface area (Å²) in [6.07, 6.45) is 3.66. The largest absolute Gasteiger partial charge is 0.381 e. The van der Waals surface area contributed by atoms with Gasteiger partial charge in [0.05, 0.1) is 15.2 Å². The lowest BCUT2D eigenvalue weighted by Gasteiger charge is -2.05. The van der Waals surface area contributed by atoms with Crippen molar-refractivity contribution in [2.75, 3.05) is 5.32 Å². The lowest BCUT2D eigenvalue weighted by Crippen LogP contribution is -1.99. The number of anilines is 1. The fourth-order valence-electron chi connectivity index (χ4n) is 1.86. The van der Waals surface area contributed by atoms with Crippen LogP contribution in [0.3, 0.4) is 0 Å². The molecular weight excluding hydrogens is 242 g/mol. The van der Waals surface area contributed by atoms with Crippen molar-refractivity contribution in [3.05, 3.63) is 53.3 Å². The maximum Gasteiger partial charge on any atom is 0.0907 e. The van der Waals surface area contributed by atoms with Crippen LogP contribution in [0.5, 0.6) is 0 Å². The second-order valence-electron chi connectivity index (χ2n) is 4.13. The predicted molar refractivity (Wildman–Crippen MR) is 75.9 cm³/mol. The molecule has 0 bridgehead atoms. The maximum atomic E-state index is 4.45. The molecule has 0 amide bonds. The summed E-state index contributed by atoms with van der Waals surface area (Å²) in [4.78, 5) is 8.56. The molecule has 0 fully saturated rings. The summed E-state index contributed by atoms with van der Waals surface area (Å²) in [7, 11) is 0. The summed E-state index contributed by atoms with van der Waals surface area (Å²) in [6, 6.07) is 10.3. The number of aromatic nitrogens is 2. The first-order chi connectivity index (χ1) is 8.81. The average molecular weight is 255 g/mol. The molecule has 1 aromatic carbocycles. The summed E-state index contributed by atoms with van der Waals surface area (Å²) in [5.74, 6) is 0. The van der Waals surface area contributed by atoms with Gasteiger partial charge in [0.15, 0.2) is 0 Å². The molecule has 0 aliphatic carbocycles. The Morgan fingerprint density at radius 1 is 1.28 bits per heavy atom. The lowest BCUT2D eigenvalue weighted by atomic mass is 10.2. The zero-order valence-corrected chi connectivity index (χ0v) is 10.9. The zero-order valence-electron chi connectivity index (χ0n) is 10.1. The molecule has 1 N–H and O–H groups in total. The van der Waals surface area contributed by atoms with Crippen LogP contribution in [-0.4, -0.2) is 9.97 Å². The van der Waals surface area contributed by atoms with Crippen LogP contribution in [0.15, 0.2) is 42.7 Å². The topological polar surface area (TPSA) is 37.8 Å². The van der Waals surface area contributed by atoms with Crippen LogP contribution in [0, 0.1) is 6.92 Å². The van der Waals surface area contributed by atoms with Crippen molar-refractivity contribution in [1.29, 1.82) is 0 Å². The Kier molecular flexibility index (Phi) is 2.94. The van der Waals surface area contributed by atoms with Crippen LogP contribution < -0.4 is 5.32 Å². The monoisotopic (exact) mass is 255 g/mol. The molecule has 0 aliphatic heterocycles. The highest BCUT2D eigenvalue weighted by molar-refractivity contribution is 7.18. The minimum Gasteiger partial charge on any atom is -0.381 e. The van der Waals surface area contributed by atoms with E-state index in [4.69, 9.17) is 0 Å². The van der Waals surface area contributed by atoms with Gasteiger partial charge in [-0.25, -0.2) is 4.98 Å². The first kappa shape index (κ1) is 11.2. The first-order valence-electron chi connectivity index (χ1n) is 5.81. The molecule has 2 heterocycles. The number of thiazole rings is 1. The standard InChI is InChI=1S/C14H13N3S/c1-10-17-13-5-4-12(7-14(13)18-10)16-9-11-3-2-6-15-8-11/h2-8,16H,9H2,1H3. The van der Waals surface area contributed by atoms with E-state index in [1.165, 1.54) is 10.3 Å². The van der Waals surface area contributed by atoms with Crippen LogP contribution in [0.4, 0.5) is 5.69 Å². The molecule has 18 heavy (non-hydrogen) atoms. The van der Waals surface area contributed by atoms with Gasteiger partial charge in [-0.3, -0.25) is 4.98 Å². The number of aryl methyl sites for hydroxylation is 1. The number of hydrogen-bond acceptors (Lipinski definition) is 4. The smallest absolute Gasteiger partial charge is 0.0907 e. The van der Waals surface area contributed by atoms with Gasteiger partial charge in [-0.2, -0.15) is 0 Å². The first-order valence-corrected chi connectivity index (χ1v) is 6.63. The molecule has 0 atom stereocenters. The molecule has 3 aromatic rings. The molecule has 0 saturated carbocycles. The summed E-state index contributed by atoms with van der Waals surface area (Å²) in [6.45, 7) is 2.82. The highest BCUT2D eigenvalue weighted by atomic mass is 32.1. The summed E-state index contributed by atoms with van der Waals surface area (Å²) >= 11 is 1.72. The van der Waals surface area contributed by atoms with E-state index in [0.29, 0.717) is 0 Å². The van der Waals surface area contributed by atoms with Gasteiger partial charge in [0, 0.05) is 24.6 Å². The fraction of sp³-hybridized carbons (Fsp3) is 0.143. The van der Waals surface area contributed by atoms with Gasteiger partial charge in [0.1, 0.15) is 0 Å². The average Bonchev–Trinajstić information content (AvgIpc) is 2.77. The van der Waals surface area contributed by atoms with Crippen molar-refractivity contribution in [3.8, 4) is 0 Å². The van der Waals surface area contributed by atoms with E-state index in [1.807, 2.05) is 19.2 Å². The van der Waals surface area contributed by atoms with E-state index >= 15 is 0 Å². The van der Waals surface area contributed by atoms with Crippen LogP contribution in [0.1, 0.15) is 10.6 Å². The molecule has 90 valence electrons. The summed E-state index contributed by atoms with van der Waals surface area (Å²) in [5, 5.41) is 4.51. The van der Waals surface area contributed by atoms with E-state index in [-0.39, 0.29) is 0 Å². The predicted octanol–water partition coefficient (Wildman–Crippen LogP) is 3.61. The minimum absolute atomic E-state index is 0.789. The Labute approximate surface area is 110 Å². The third-order valence-corrected chi connectivity index (χ3v) is 3.65. The molecule has 2 aromatic heterocycles. The van der Waals surface area contributed by atoms with Gasteiger partial charge >= 0.3 is 0 Å². The van der Waals surface area contributed by atoms with E-state index < -0.39 is 0 Å². The normalized spacial score (nSPS) is 10.7. The number of benzene rings is 1. The van der Waals surface area contributed by atoms with Crippen LogP contribution in [0.25, 0.3) is 10.2 Å². The van der Waals surface area contributed by atoms with Crippen molar-refractivity contribution < 1.29 is 0 Å². The van der Waals surface area contributed by atoms with Gasteiger partial charge in [0.2, 0.25) is 0 Å². The fourth-order valence-corrected chi connectivity index (χ4v) is 2.72. The van der Waals surface area contributed by atoms with Gasteiger partial charge in [-0.1, -0.05) is 6.07 Å². The third-order valence-electron chi connectivity index (χ3n) is 2.71. The number of nitrogens with one attached hydrogen (secondary N) is 1.